The van der Waals surface area contributed by atoms with Crippen molar-refractivity contribution in [1.29, 1.82) is 0 Å². The maximum atomic E-state index is 14.6. The molecule has 4 amide bonds. The Balaban J connectivity index is 1.22. The largest absolute Gasteiger partial charge is 0.497 e. The summed E-state index contributed by atoms with van der Waals surface area (Å²) in [5, 5.41) is 5.81. The van der Waals surface area contributed by atoms with Gasteiger partial charge in [-0.3, -0.25) is 19.1 Å². The average Bonchev–Trinajstić information content (AvgIpc) is 4.04. The second-order valence-electron chi connectivity index (χ2n) is 16.6. The molecule has 5 aliphatic rings. The maximum Gasteiger partial charge on any atom is 0.408 e. The van der Waals surface area contributed by atoms with Crippen molar-refractivity contribution < 1.29 is 41.8 Å². The van der Waals surface area contributed by atoms with Gasteiger partial charge in [0.2, 0.25) is 21.8 Å². The highest BCUT2D eigenvalue weighted by Gasteiger charge is 2.62. The van der Waals surface area contributed by atoms with E-state index in [4.69, 9.17) is 19.2 Å². The van der Waals surface area contributed by atoms with Crippen molar-refractivity contribution in [3.05, 3.63) is 42.6 Å². The third-order valence-corrected chi connectivity index (χ3v) is 13.3. The van der Waals surface area contributed by atoms with Crippen LogP contribution in [0.5, 0.6) is 11.5 Å². The van der Waals surface area contributed by atoms with E-state index in [9.17, 15) is 27.6 Å². The molecule has 14 nitrogen and oxygen atoms in total. The minimum absolute atomic E-state index is 0.000652. The number of aromatic nitrogens is 1. The molecule has 2 aliphatic heterocycles. The summed E-state index contributed by atoms with van der Waals surface area (Å²) in [5.41, 5.74) is -0.763. The van der Waals surface area contributed by atoms with Gasteiger partial charge in [0.25, 0.3) is 5.91 Å². The number of nitrogens with one attached hydrogen (secondary N) is 3. The van der Waals surface area contributed by atoms with Crippen LogP contribution in [0, 0.1) is 17.3 Å². The third-order valence-electron chi connectivity index (χ3n) is 11.4. The smallest absolute Gasteiger partial charge is 0.408 e. The van der Waals surface area contributed by atoms with Gasteiger partial charge in [0.1, 0.15) is 41.3 Å². The van der Waals surface area contributed by atoms with Crippen LogP contribution in [0.3, 0.4) is 0 Å². The molecule has 4 fully saturated rings. The fourth-order valence-electron chi connectivity index (χ4n) is 7.80. The van der Waals surface area contributed by atoms with Crippen molar-refractivity contribution in [1.82, 2.24) is 25.2 Å². The Labute approximate surface area is 316 Å². The number of hydrogen-bond donors (Lipinski definition) is 3. The first-order valence-electron chi connectivity index (χ1n) is 19.0. The van der Waals surface area contributed by atoms with Crippen LogP contribution < -0.4 is 24.8 Å². The predicted octanol–water partition coefficient (Wildman–Crippen LogP) is 3.91. The van der Waals surface area contributed by atoms with Crippen molar-refractivity contribution in [2.24, 2.45) is 17.3 Å². The number of carbonyl (C=O) groups excluding carboxylic acids is 4. The monoisotopic (exact) mass is 765 g/mol. The van der Waals surface area contributed by atoms with E-state index in [2.05, 4.69) is 21.9 Å². The van der Waals surface area contributed by atoms with Crippen LogP contribution in [-0.4, -0.2) is 90.9 Å². The molecule has 0 spiro atoms. The summed E-state index contributed by atoms with van der Waals surface area (Å²) in [5.74, 6) is -1.01. The SMILES string of the molecule is C=C[C@@H]1CC1(NC(=O)[C@@H]1C[C@@H]2CN1C(=O)[C@H](C(C)(C)C)NC(=O)O[C@H]1C[C@@H]1CCCCCc1nc3ccc(OC)cc3cc1O2)C(=O)NS(=O)(=O)C1CC1. The number of benzene rings is 1. The molecule has 2 bridgehead atoms. The van der Waals surface area contributed by atoms with Gasteiger partial charge in [0.05, 0.1) is 30.1 Å². The minimum atomic E-state index is -3.89. The third kappa shape index (κ3) is 7.87. The summed E-state index contributed by atoms with van der Waals surface area (Å²) >= 11 is 0. The molecule has 1 saturated heterocycles. The summed E-state index contributed by atoms with van der Waals surface area (Å²) in [6.45, 7) is 9.25. The number of sulfonamides is 1. The Morgan fingerprint density at radius 1 is 1.09 bits per heavy atom. The van der Waals surface area contributed by atoms with Gasteiger partial charge in [-0.15, -0.1) is 6.58 Å². The van der Waals surface area contributed by atoms with Gasteiger partial charge in [0, 0.05) is 17.7 Å². The van der Waals surface area contributed by atoms with E-state index in [1.54, 1.807) is 7.11 Å². The highest BCUT2D eigenvalue weighted by molar-refractivity contribution is 7.91. The zero-order valence-corrected chi connectivity index (χ0v) is 32.2. The molecule has 7 rings (SSSR count). The van der Waals surface area contributed by atoms with Gasteiger partial charge in [0.15, 0.2) is 0 Å². The minimum Gasteiger partial charge on any atom is -0.497 e. The number of nitrogens with zero attached hydrogens (tertiary/aromatic N) is 2. The average molecular weight is 766 g/mol. The van der Waals surface area contributed by atoms with Crippen LogP contribution >= 0.6 is 0 Å². The molecule has 0 radical (unpaired) electrons. The van der Waals surface area contributed by atoms with Crippen LogP contribution in [0.4, 0.5) is 4.79 Å². The predicted molar refractivity (Wildman–Crippen MR) is 199 cm³/mol. The maximum absolute atomic E-state index is 14.6. The fraction of sp³-hybridized carbons (Fsp3) is 0.615. The molecule has 3 saturated carbocycles. The number of pyridine rings is 1. The highest BCUT2D eigenvalue weighted by atomic mass is 32.2. The molecule has 1 aromatic carbocycles. The lowest BCUT2D eigenvalue weighted by Crippen LogP contribution is -2.60. The van der Waals surface area contributed by atoms with Crippen LogP contribution in [0.1, 0.15) is 84.3 Å². The summed E-state index contributed by atoms with van der Waals surface area (Å²) < 4.78 is 45.5. The Bertz CT molecular complexity index is 1960. The summed E-state index contributed by atoms with van der Waals surface area (Å²) in [4.78, 5) is 62.1. The first-order chi connectivity index (χ1) is 25.6. The van der Waals surface area contributed by atoms with Crippen LogP contribution in [-0.2, 0) is 35.6 Å². The number of amides is 4. The second kappa shape index (κ2) is 14.3. The molecule has 1 unspecified atom stereocenters. The van der Waals surface area contributed by atoms with Crippen molar-refractivity contribution in [3.8, 4) is 11.5 Å². The van der Waals surface area contributed by atoms with Crippen LogP contribution in [0.15, 0.2) is 36.9 Å². The van der Waals surface area contributed by atoms with Crippen molar-refractivity contribution in [2.75, 3.05) is 13.7 Å². The van der Waals surface area contributed by atoms with Gasteiger partial charge in [-0.05, 0) is 80.5 Å². The fourth-order valence-corrected chi connectivity index (χ4v) is 9.17. The lowest BCUT2D eigenvalue weighted by molar-refractivity contribution is -0.142. The number of hydrogen-bond acceptors (Lipinski definition) is 10. The van der Waals surface area contributed by atoms with Gasteiger partial charge in [-0.2, -0.15) is 0 Å². The summed E-state index contributed by atoms with van der Waals surface area (Å²) in [6, 6.07) is 5.37. The summed E-state index contributed by atoms with van der Waals surface area (Å²) in [7, 11) is -2.30. The zero-order chi connectivity index (χ0) is 38.6. The van der Waals surface area contributed by atoms with E-state index < -0.39 is 74.1 Å². The molecule has 1 aromatic heterocycles. The van der Waals surface area contributed by atoms with Crippen molar-refractivity contribution in [3.63, 3.8) is 0 Å². The Morgan fingerprint density at radius 2 is 1.87 bits per heavy atom. The molecule has 3 aliphatic carbocycles. The standard InChI is InChI=1S/C39H51N5O9S/c1-6-24-20-39(24,36(47)43-54(49,50)27-13-14-27)42-34(45)30-19-26-21-44(30)35(46)33(38(2,3)4)41-37(48)53-31-17-22(31)10-8-7-9-11-29-32(52-26)18-23-16-25(51-5)12-15-28(23)40-29/h6,12,15-16,18,22,24,26-27,30-31,33H,1,7-11,13-14,17,19-21H2,2-5H3,(H,41,48)(H,42,45)(H,43,47)/t22-,24+,26+,30-,31-,33+,39?/m0/s1. The van der Waals surface area contributed by atoms with E-state index in [-0.39, 0.29) is 31.4 Å². The molecule has 54 heavy (non-hydrogen) atoms. The van der Waals surface area contributed by atoms with E-state index in [0.29, 0.717) is 30.8 Å². The van der Waals surface area contributed by atoms with E-state index >= 15 is 0 Å². The second-order valence-corrected chi connectivity index (χ2v) is 18.6. The number of methoxy groups -OCH3 is 1. The molecule has 15 heteroatoms. The molecule has 292 valence electrons. The number of carbonyl (C=O) groups is 4. The van der Waals surface area contributed by atoms with Gasteiger partial charge in [-0.25, -0.2) is 18.2 Å². The zero-order valence-electron chi connectivity index (χ0n) is 31.4. The van der Waals surface area contributed by atoms with Crippen molar-refractivity contribution in [2.45, 2.75) is 120 Å². The lowest BCUT2D eigenvalue weighted by atomic mass is 9.85. The molecule has 2 aromatic rings. The first-order valence-corrected chi connectivity index (χ1v) is 20.6. The topological polar surface area (TPSA) is 182 Å². The Morgan fingerprint density at radius 3 is 2.56 bits per heavy atom. The Kier molecular flexibility index (Phi) is 10.1. The first kappa shape index (κ1) is 37.9. The van der Waals surface area contributed by atoms with E-state index in [1.807, 2.05) is 45.0 Å². The highest BCUT2D eigenvalue weighted by Crippen LogP contribution is 2.46. The van der Waals surface area contributed by atoms with Gasteiger partial charge >= 0.3 is 6.09 Å². The van der Waals surface area contributed by atoms with Crippen LogP contribution in [0.2, 0.25) is 0 Å². The number of rotatable bonds is 7. The Hall–Kier alpha value is -4.40. The molecular formula is C39H51N5O9S. The number of aryl methyl sites for hydroxylation is 1. The molecule has 3 heterocycles. The van der Waals surface area contributed by atoms with E-state index in [0.717, 1.165) is 48.7 Å². The van der Waals surface area contributed by atoms with Gasteiger partial charge < -0.3 is 29.7 Å². The number of fused-ring (bicyclic) bond motifs is 5. The van der Waals surface area contributed by atoms with E-state index in [1.165, 1.54) is 11.0 Å². The quantitative estimate of drug-likeness (QED) is 0.350. The van der Waals surface area contributed by atoms with Gasteiger partial charge in [-0.1, -0.05) is 39.7 Å². The number of ether oxygens (including phenoxy) is 3. The number of alkyl carbamates (subject to hydrolysis) is 1. The lowest BCUT2D eigenvalue weighted by Gasteiger charge is -2.35. The van der Waals surface area contributed by atoms with Crippen LogP contribution in [0.25, 0.3) is 10.9 Å². The molecule has 7 atom stereocenters. The van der Waals surface area contributed by atoms with Crippen molar-refractivity contribution >= 4 is 44.7 Å². The summed E-state index contributed by atoms with van der Waals surface area (Å²) in [6.07, 6.45) is 6.26. The molecular weight excluding hydrogens is 715 g/mol. The normalized spacial score (nSPS) is 30.3. The molecule has 3 N–H and O–H groups in total.